The van der Waals surface area contributed by atoms with Crippen molar-refractivity contribution in [1.29, 1.82) is 0 Å². The summed E-state index contributed by atoms with van der Waals surface area (Å²) < 4.78 is 58.9. The number of aromatic nitrogens is 1. The molecule has 246 valence electrons. The zero-order chi connectivity index (χ0) is 33.6. The smallest absolute Gasteiger partial charge is 0.507 e. The molecule has 0 aliphatic carbocycles. The van der Waals surface area contributed by atoms with Crippen LogP contribution in [0.2, 0.25) is 0 Å². The van der Waals surface area contributed by atoms with Gasteiger partial charge in [0.2, 0.25) is 5.91 Å². The average molecular weight is 644 g/mol. The monoisotopic (exact) mass is 643 g/mol. The minimum absolute atomic E-state index is 0.00853. The van der Waals surface area contributed by atoms with Gasteiger partial charge in [0.1, 0.15) is 17.9 Å². The average Bonchev–Trinajstić information content (AvgIpc) is 3.12. The van der Waals surface area contributed by atoms with Crippen molar-refractivity contribution in [3.8, 4) is 5.75 Å². The fourth-order valence-electron chi connectivity index (χ4n) is 5.06. The highest BCUT2D eigenvalue weighted by Crippen LogP contribution is 2.30. The summed E-state index contributed by atoms with van der Waals surface area (Å²) in [6, 6.07) is 11.7. The lowest BCUT2D eigenvalue weighted by atomic mass is 9.94. The Kier molecular flexibility index (Phi) is 10.8. The third-order valence-electron chi connectivity index (χ3n) is 7.27. The summed E-state index contributed by atoms with van der Waals surface area (Å²) >= 11 is 0. The lowest BCUT2D eigenvalue weighted by Gasteiger charge is -2.25. The number of fused-ring (bicyclic) bond motifs is 1. The van der Waals surface area contributed by atoms with Gasteiger partial charge in [-0.3, -0.25) is 9.59 Å². The number of esters is 1. The SMILES string of the molecule is COC(=O)C[C@@H]1Cc2ccc(OCCCN(C(=O)OC(C)(C)C)c3cccc[n+]3[O-])cc2CN(Cc2ccc(F)c(F)c2F)C1=O. The largest absolute Gasteiger partial charge is 0.711 e. The number of hydrogen-bond donors (Lipinski definition) is 0. The Morgan fingerprint density at radius 2 is 1.83 bits per heavy atom. The van der Waals surface area contributed by atoms with Crippen molar-refractivity contribution in [2.75, 3.05) is 25.2 Å². The van der Waals surface area contributed by atoms with Crippen molar-refractivity contribution in [3.05, 3.63) is 94.1 Å². The third-order valence-corrected chi connectivity index (χ3v) is 7.27. The Morgan fingerprint density at radius 1 is 1.07 bits per heavy atom. The van der Waals surface area contributed by atoms with Crippen LogP contribution in [-0.4, -0.2) is 48.7 Å². The second-order valence-corrected chi connectivity index (χ2v) is 11.9. The number of pyridine rings is 1. The number of carbonyl (C=O) groups excluding carboxylic acids is 3. The van der Waals surface area contributed by atoms with E-state index in [2.05, 4.69) is 0 Å². The molecule has 0 saturated heterocycles. The van der Waals surface area contributed by atoms with Crippen molar-refractivity contribution in [1.82, 2.24) is 4.90 Å². The summed E-state index contributed by atoms with van der Waals surface area (Å²) in [5.41, 5.74) is 0.418. The Labute approximate surface area is 264 Å². The molecule has 0 saturated carbocycles. The molecule has 1 aliphatic heterocycles. The number of methoxy groups -OCH3 is 1. The van der Waals surface area contributed by atoms with Crippen molar-refractivity contribution >= 4 is 23.8 Å². The number of rotatable bonds is 10. The second-order valence-electron chi connectivity index (χ2n) is 11.9. The number of amides is 2. The topological polar surface area (TPSA) is 112 Å². The van der Waals surface area contributed by atoms with E-state index in [1.807, 2.05) is 0 Å². The van der Waals surface area contributed by atoms with Gasteiger partial charge >= 0.3 is 12.1 Å². The summed E-state index contributed by atoms with van der Waals surface area (Å²) in [5, 5.41) is 12.4. The lowest BCUT2D eigenvalue weighted by molar-refractivity contribution is -0.591. The van der Waals surface area contributed by atoms with Crippen LogP contribution in [0.3, 0.4) is 0 Å². The molecule has 0 fully saturated rings. The quantitative estimate of drug-likeness (QED) is 0.0980. The van der Waals surface area contributed by atoms with E-state index >= 15 is 0 Å². The molecule has 0 unspecified atom stereocenters. The molecular formula is C33H36F3N3O7. The predicted octanol–water partition coefficient (Wildman–Crippen LogP) is 5.21. The molecule has 3 aromatic rings. The van der Waals surface area contributed by atoms with E-state index in [-0.39, 0.29) is 50.5 Å². The van der Waals surface area contributed by atoms with E-state index in [1.165, 1.54) is 29.2 Å². The zero-order valence-electron chi connectivity index (χ0n) is 26.1. The van der Waals surface area contributed by atoms with E-state index in [0.717, 1.165) is 17.7 Å². The molecule has 2 amide bonds. The number of ether oxygens (including phenoxy) is 3. The van der Waals surface area contributed by atoms with Gasteiger partial charge in [-0.2, -0.15) is 9.69 Å². The molecule has 0 spiro atoms. The number of anilines is 1. The molecule has 13 heteroatoms. The van der Waals surface area contributed by atoms with Crippen LogP contribution >= 0.6 is 0 Å². The van der Waals surface area contributed by atoms with Crippen LogP contribution in [0.25, 0.3) is 0 Å². The maximum Gasteiger partial charge on any atom is 0.507 e. The molecule has 46 heavy (non-hydrogen) atoms. The molecular weight excluding hydrogens is 607 g/mol. The maximum absolute atomic E-state index is 14.6. The number of benzene rings is 2. The minimum atomic E-state index is -1.63. The van der Waals surface area contributed by atoms with E-state index in [1.54, 1.807) is 51.1 Å². The van der Waals surface area contributed by atoms with Crippen molar-refractivity contribution in [2.24, 2.45) is 5.92 Å². The van der Waals surface area contributed by atoms with Crippen LogP contribution in [0.5, 0.6) is 5.75 Å². The van der Waals surface area contributed by atoms with E-state index in [9.17, 15) is 32.8 Å². The van der Waals surface area contributed by atoms with Gasteiger partial charge in [0, 0.05) is 31.1 Å². The number of carbonyl (C=O) groups is 3. The summed E-state index contributed by atoms with van der Waals surface area (Å²) in [6.45, 7) is 5.07. The van der Waals surface area contributed by atoms with Crippen molar-refractivity contribution < 1.29 is 46.5 Å². The molecule has 2 heterocycles. The molecule has 1 aliphatic rings. The zero-order valence-corrected chi connectivity index (χ0v) is 26.1. The van der Waals surface area contributed by atoms with Gasteiger partial charge in [0.15, 0.2) is 17.5 Å². The van der Waals surface area contributed by atoms with Gasteiger partial charge in [-0.25, -0.2) is 17.9 Å². The highest BCUT2D eigenvalue weighted by molar-refractivity contribution is 5.86. The van der Waals surface area contributed by atoms with Crippen LogP contribution in [0.4, 0.5) is 23.8 Å². The predicted molar refractivity (Wildman–Crippen MR) is 160 cm³/mol. The first-order chi connectivity index (χ1) is 21.8. The normalized spacial score (nSPS) is 14.7. The first-order valence-corrected chi connectivity index (χ1v) is 14.7. The summed E-state index contributed by atoms with van der Waals surface area (Å²) in [5.74, 6) is -5.71. The van der Waals surface area contributed by atoms with E-state index in [0.29, 0.717) is 22.5 Å². The number of nitrogens with zero attached hydrogens (tertiary/aromatic N) is 3. The van der Waals surface area contributed by atoms with Gasteiger partial charge in [0.05, 0.1) is 32.3 Å². The fraction of sp³-hybridized carbons (Fsp3) is 0.394. The molecule has 10 nitrogen and oxygen atoms in total. The van der Waals surface area contributed by atoms with Gasteiger partial charge in [-0.15, -0.1) is 0 Å². The minimum Gasteiger partial charge on any atom is -0.711 e. The molecule has 1 atom stereocenters. The fourth-order valence-corrected chi connectivity index (χ4v) is 5.06. The third kappa shape index (κ3) is 8.46. The van der Waals surface area contributed by atoms with E-state index in [4.69, 9.17) is 14.2 Å². The van der Waals surface area contributed by atoms with Crippen LogP contribution in [0, 0.1) is 28.6 Å². The van der Waals surface area contributed by atoms with Gasteiger partial charge in [0.25, 0.3) is 5.82 Å². The molecule has 2 aromatic carbocycles. The summed E-state index contributed by atoms with van der Waals surface area (Å²) in [6.07, 6.45) is 0.896. The highest BCUT2D eigenvalue weighted by atomic mass is 19.2. The van der Waals surface area contributed by atoms with Crippen LogP contribution in [-0.2, 0) is 38.6 Å². The Morgan fingerprint density at radius 3 is 2.52 bits per heavy atom. The Bertz CT molecular complexity index is 1600. The lowest BCUT2D eigenvalue weighted by Crippen LogP contribution is -2.44. The first kappa shape index (κ1) is 34.1. The van der Waals surface area contributed by atoms with Crippen LogP contribution < -0.4 is 14.4 Å². The molecule has 0 N–H and O–H groups in total. The highest BCUT2D eigenvalue weighted by Gasteiger charge is 2.33. The number of hydrogen-bond acceptors (Lipinski definition) is 7. The van der Waals surface area contributed by atoms with Gasteiger partial charge < -0.3 is 24.3 Å². The Balaban J connectivity index is 1.51. The standard InChI is InChI=1S/C33H36F3N3O7/c1-33(2,3)46-32(42)38(27-8-5-6-14-39(27)43)13-7-15-45-25-11-9-21-16-23(18-28(40)44-4)31(41)37(20-24(21)17-25)19-22-10-12-26(34)30(36)29(22)35/h5-6,8-12,14,17,23H,7,13,15-16,18-20H2,1-4H3/t23-/m0/s1. The molecule has 4 rings (SSSR count). The van der Waals surface area contributed by atoms with Crippen molar-refractivity contribution in [2.45, 2.75) is 58.7 Å². The Hall–Kier alpha value is -4.81. The summed E-state index contributed by atoms with van der Waals surface area (Å²) in [7, 11) is 1.21. The molecule has 0 bridgehead atoms. The summed E-state index contributed by atoms with van der Waals surface area (Å²) in [4.78, 5) is 41.0. The van der Waals surface area contributed by atoms with E-state index < -0.39 is 46.9 Å². The van der Waals surface area contributed by atoms with Crippen LogP contribution in [0.15, 0.2) is 54.7 Å². The second kappa shape index (κ2) is 14.5. The van der Waals surface area contributed by atoms with Crippen molar-refractivity contribution in [3.63, 3.8) is 0 Å². The molecule has 0 radical (unpaired) electrons. The number of halogens is 3. The van der Waals surface area contributed by atoms with Crippen LogP contribution in [0.1, 0.15) is 50.3 Å². The maximum atomic E-state index is 14.6. The van der Waals surface area contributed by atoms with Gasteiger partial charge in [-0.05, 0) is 62.6 Å². The molecule has 1 aromatic heterocycles. The van der Waals surface area contributed by atoms with Gasteiger partial charge in [-0.1, -0.05) is 18.2 Å². The first-order valence-electron chi connectivity index (χ1n) is 14.7.